The fourth-order valence-corrected chi connectivity index (χ4v) is 1.37. The second-order valence-electron chi connectivity index (χ2n) is 3.17. The number of rotatable bonds is 3. The molecule has 0 saturated heterocycles. The lowest BCUT2D eigenvalue weighted by molar-refractivity contribution is 0.0803. The SMILES string of the molecule is Cc1cncc(C(=O)N(C)CCCl)c1. The van der Waals surface area contributed by atoms with E-state index in [9.17, 15) is 4.79 Å². The maximum Gasteiger partial charge on any atom is 0.255 e. The molecule has 0 aliphatic carbocycles. The maximum absolute atomic E-state index is 11.7. The second-order valence-corrected chi connectivity index (χ2v) is 3.54. The minimum Gasteiger partial charge on any atom is -0.340 e. The molecule has 0 saturated carbocycles. The van der Waals surface area contributed by atoms with Crippen LogP contribution in [0, 0.1) is 6.92 Å². The highest BCUT2D eigenvalue weighted by Crippen LogP contribution is 2.04. The van der Waals surface area contributed by atoms with Gasteiger partial charge in [-0.1, -0.05) is 0 Å². The van der Waals surface area contributed by atoms with E-state index >= 15 is 0 Å². The predicted molar refractivity (Wildman–Crippen MR) is 56.7 cm³/mol. The Morgan fingerprint density at radius 1 is 1.57 bits per heavy atom. The molecule has 0 fully saturated rings. The number of carbonyl (C=O) groups excluding carboxylic acids is 1. The average Bonchev–Trinajstić information content (AvgIpc) is 2.17. The third-order valence-corrected chi connectivity index (χ3v) is 2.06. The first-order valence-corrected chi connectivity index (χ1v) is 4.91. The summed E-state index contributed by atoms with van der Waals surface area (Å²) in [4.78, 5) is 17.3. The van der Waals surface area contributed by atoms with Gasteiger partial charge in [0.1, 0.15) is 0 Å². The van der Waals surface area contributed by atoms with E-state index in [0.29, 0.717) is 18.0 Å². The molecule has 4 heteroatoms. The third-order valence-electron chi connectivity index (χ3n) is 1.89. The Labute approximate surface area is 88.7 Å². The molecule has 0 spiro atoms. The van der Waals surface area contributed by atoms with Crippen LogP contribution in [0.15, 0.2) is 18.5 Å². The Hall–Kier alpha value is -1.09. The molecule has 1 aromatic rings. The van der Waals surface area contributed by atoms with Crippen molar-refractivity contribution in [1.82, 2.24) is 9.88 Å². The molecule has 0 aliphatic heterocycles. The molecule has 0 radical (unpaired) electrons. The zero-order chi connectivity index (χ0) is 10.6. The van der Waals surface area contributed by atoms with Crippen molar-refractivity contribution in [2.75, 3.05) is 19.5 Å². The monoisotopic (exact) mass is 212 g/mol. The largest absolute Gasteiger partial charge is 0.340 e. The van der Waals surface area contributed by atoms with Crippen LogP contribution in [-0.4, -0.2) is 35.3 Å². The van der Waals surface area contributed by atoms with Gasteiger partial charge in [-0.15, -0.1) is 11.6 Å². The van der Waals surface area contributed by atoms with Gasteiger partial charge in [0.2, 0.25) is 0 Å². The zero-order valence-corrected chi connectivity index (χ0v) is 9.08. The highest BCUT2D eigenvalue weighted by atomic mass is 35.5. The zero-order valence-electron chi connectivity index (χ0n) is 8.33. The number of carbonyl (C=O) groups is 1. The van der Waals surface area contributed by atoms with E-state index in [1.807, 2.05) is 13.0 Å². The van der Waals surface area contributed by atoms with Crippen molar-refractivity contribution in [3.8, 4) is 0 Å². The second kappa shape index (κ2) is 4.96. The summed E-state index contributed by atoms with van der Waals surface area (Å²) in [5.41, 5.74) is 1.59. The van der Waals surface area contributed by atoms with Gasteiger partial charge in [-0.25, -0.2) is 0 Å². The average molecular weight is 213 g/mol. The summed E-state index contributed by atoms with van der Waals surface area (Å²) in [6.07, 6.45) is 3.29. The van der Waals surface area contributed by atoms with Gasteiger partial charge in [0.15, 0.2) is 0 Å². The molecular weight excluding hydrogens is 200 g/mol. The molecule has 0 N–H and O–H groups in total. The van der Waals surface area contributed by atoms with Gasteiger partial charge >= 0.3 is 0 Å². The standard InChI is InChI=1S/C10H13ClN2O/c1-8-5-9(7-12-6-8)10(14)13(2)4-3-11/h5-7H,3-4H2,1-2H3. The molecule has 0 bridgehead atoms. The van der Waals surface area contributed by atoms with Crippen molar-refractivity contribution in [2.45, 2.75) is 6.92 Å². The van der Waals surface area contributed by atoms with Crippen LogP contribution in [0.5, 0.6) is 0 Å². The molecule has 0 aliphatic rings. The van der Waals surface area contributed by atoms with Crippen LogP contribution in [0.1, 0.15) is 15.9 Å². The summed E-state index contributed by atoms with van der Waals surface area (Å²) in [5.74, 6) is 0.406. The van der Waals surface area contributed by atoms with E-state index in [-0.39, 0.29) is 5.91 Å². The van der Waals surface area contributed by atoms with Gasteiger partial charge in [0, 0.05) is 31.9 Å². The summed E-state index contributed by atoms with van der Waals surface area (Å²) in [7, 11) is 1.73. The first-order valence-electron chi connectivity index (χ1n) is 4.38. The summed E-state index contributed by atoms with van der Waals surface area (Å²) in [6.45, 7) is 2.46. The van der Waals surface area contributed by atoms with Crippen molar-refractivity contribution in [2.24, 2.45) is 0 Å². The molecule has 1 rings (SSSR count). The van der Waals surface area contributed by atoms with Crippen LogP contribution in [0.4, 0.5) is 0 Å². The van der Waals surface area contributed by atoms with E-state index in [1.54, 1.807) is 24.3 Å². The fourth-order valence-electron chi connectivity index (χ4n) is 1.12. The molecule has 0 atom stereocenters. The van der Waals surface area contributed by atoms with Crippen molar-refractivity contribution in [3.05, 3.63) is 29.6 Å². The Balaban J connectivity index is 2.78. The van der Waals surface area contributed by atoms with Gasteiger partial charge in [0.05, 0.1) is 5.56 Å². The molecule has 0 unspecified atom stereocenters. The van der Waals surface area contributed by atoms with Crippen molar-refractivity contribution < 1.29 is 4.79 Å². The minimum absolute atomic E-state index is 0.0400. The quantitative estimate of drug-likeness (QED) is 0.715. The molecule has 1 aromatic heterocycles. The molecular formula is C10H13ClN2O. The predicted octanol–water partition coefficient (Wildman–Crippen LogP) is 1.70. The molecule has 0 aromatic carbocycles. The normalized spacial score (nSPS) is 9.93. The number of pyridine rings is 1. The number of halogens is 1. The van der Waals surface area contributed by atoms with Crippen molar-refractivity contribution in [1.29, 1.82) is 0 Å². The molecule has 1 heterocycles. The number of hydrogen-bond donors (Lipinski definition) is 0. The Morgan fingerprint density at radius 2 is 2.29 bits per heavy atom. The molecule has 14 heavy (non-hydrogen) atoms. The summed E-state index contributed by atoms with van der Waals surface area (Å²) in [5, 5.41) is 0. The molecule has 76 valence electrons. The lowest BCUT2D eigenvalue weighted by Crippen LogP contribution is -2.28. The van der Waals surface area contributed by atoms with E-state index in [1.165, 1.54) is 0 Å². The van der Waals surface area contributed by atoms with Crippen LogP contribution in [0.2, 0.25) is 0 Å². The highest BCUT2D eigenvalue weighted by Gasteiger charge is 2.10. The maximum atomic E-state index is 11.7. The van der Waals surface area contributed by atoms with Crippen LogP contribution in [-0.2, 0) is 0 Å². The first-order chi connectivity index (χ1) is 6.65. The number of nitrogens with zero attached hydrogens (tertiary/aromatic N) is 2. The van der Waals surface area contributed by atoms with E-state index < -0.39 is 0 Å². The summed E-state index contributed by atoms with van der Waals surface area (Å²) in [6, 6.07) is 1.82. The fraction of sp³-hybridized carbons (Fsp3) is 0.400. The number of alkyl halides is 1. The van der Waals surface area contributed by atoms with Gasteiger partial charge in [-0.2, -0.15) is 0 Å². The van der Waals surface area contributed by atoms with Crippen LogP contribution in [0.25, 0.3) is 0 Å². The molecule has 3 nitrogen and oxygen atoms in total. The first kappa shape index (κ1) is 11.0. The van der Waals surface area contributed by atoms with E-state index in [4.69, 9.17) is 11.6 Å². The smallest absolute Gasteiger partial charge is 0.255 e. The lowest BCUT2D eigenvalue weighted by Gasteiger charge is -2.15. The third kappa shape index (κ3) is 2.70. The Morgan fingerprint density at radius 3 is 2.86 bits per heavy atom. The van der Waals surface area contributed by atoms with Gasteiger partial charge in [0.25, 0.3) is 5.91 Å². The minimum atomic E-state index is -0.0400. The van der Waals surface area contributed by atoms with E-state index in [0.717, 1.165) is 5.56 Å². The Bertz CT molecular complexity index is 328. The summed E-state index contributed by atoms with van der Waals surface area (Å²) < 4.78 is 0. The topological polar surface area (TPSA) is 33.2 Å². The highest BCUT2D eigenvalue weighted by molar-refractivity contribution is 6.18. The van der Waals surface area contributed by atoms with E-state index in [2.05, 4.69) is 4.98 Å². The Kier molecular flexibility index (Phi) is 3.89. The van der Waals surface area contributed by atoms with Gasteiger partial charge in [-0.05, 0) is 18.6 Å². The molecule has 1 amide bonds. The van der Waals surface area contributed by atoms with Crippen molar-refractivity contribution >= 4 is 17.5 Å². The number of aryl methyl sites for hydroxylation is 1. The van der Waals surface area contributed by atoms with Crippen molar-refractivity contribution in [3.63, 3.8) is 0 Å². The van der Waals surface area contributed by atoms with Crippen LogP contribution >= 0.6 is 11.6 Å². The van der Waals surface area contributed by atoms with Crippen LogP contribution in [0.3, 0.4) is 0 Å². The summed E-state index contributed by atoms with van der Waals surface area (Å²) >= 11 is 5.55. The lowest BCUT2D eigenvalue weighted by atomic mass is 10.2. The van der Waals surface area contributed by atoms with Crippen LogP contribution < -0.4 is 0 Å². The number of amides is 1. The van der Waals surface area contributed by atoms with Gasteiger partial charge in [-0.3, -0.25) is 9.78 Å². The van der Waals surface area contributed by atoms with Gasteiger partial charge < -0.3 is 4.90 Å². The number of aromatic nitrogens is 1. The number of hydrogen-bond acceptors (Lipinski definition) is 2.